The summed E-state index contributed by atoms with van der Waals surface area (Å²) in [5.74, 6) is 0. The molecule has 2 aromatic rings. The standard InChI is InChI=1S/C7H5N3/c1-2-8-4-7-6(1)3-9-5-10-7/h1-5H. The van der Waals surface area contributed by atoms with Crippen LogP contribution in [0, 0.1) is 0 Å². The monoisotopic (exact) mass is 131 g/mol. The number of rotatable bonds is 0. The molecule has 2 aromatic heterocycles. The SMILES string of the molecule is c1cc2cncnc2cn1. The van der Waals surface area contributed by atoms with Crippen molar-refractivity contribution in [2.45, 2.75) is 0 Å². The highest BCUT2D eigenvalue weighted by Gasteiger charge is 1.88. The van der Waals surface area contributed by atoms with E-state index in [0.29, 0.717) is 0 Å². The summed E-state index contributed by atoms with van der Waals surface area (Å²) >= 11 is 0. The minimum Gasteiger partial charge on any atom is -0.262 e. The molecule has 0 unspecified atom stereocenters. The molecule has 0 bridgehead atoms. The van der Waals surface area contributed by atoms with Gasteiger partial charge in [-0.3, -0.25) is 4.98 Å². The maximum Gasteiger partial charge on any atom is 0.116 e. The third-order valence-electron chi connectivity index (χ3n) is 1.31. The van der Waals surface area contributed by atoms with Crippen molar-refractivity contribution in [1.29, 1.82) is 0 Å². The second-order valence-corrected chi connectivity index (χ2v) is 1.96. The van der Waals surface area contributed by atoms with Crippen LogP contribution in [0.2, 0.25) is 0 Å². The summed E-state index contributed by atoms with van der Waals surface area (Å²) in [6, 6.07) is 1.88. The number of pyridine rings is 1. The highest BCUT2D eigenvalue weighted by Crippen LogP contribution is 2.04. The summed E-state index contributed by atoms with van der Waals surface area (Å²) in [6.07, 6.45) is 6.73. The molecule has 2 rings (SSSR count). The second kappa shape index (κ2) is 2.02. The number of hydrogen-bond acceptors (Lipinski definition) is 3. The molecule has 3 heteroatoms. The third-order valence-corrected chi connectivity index (χ3v) is 1.31. The van der Waals surface area contributed by atoms with Gasteiger partial charge in [0.1, 0.15) is 6.33 Å². The van der Waals surface area contributed by atoms with Gasteiger partial charge in [-0.05, 0) is 6.07 Å². The van der Waals surface area contributed by atoms with E-state index in [1.54, 1.807) is 18.6 Å². The minimum absolute atomic E-state index is 0.887. The van der Waals surface area contributed by atoms with Crippen LogP contribution in [0.4, 0.5) is 0 Å². The zero-order valence-corrected chi connectivity index (χ0v) is 5.23. The van der Waals surface area contributed by atoms with Gasteiger partial charge >= 0.3 is 0 Å². The molecule has 0 N–H and O–H groups in total. The van der Waals surface area contributed by atoms with E-state index in [4.69, 9.17) is 0 Å². The number of fused-ring (bicyclic) bond motifs is 1. The summed E-state index contributed by atoms with van der Waals surface area (Å²) in [6.45, 7) is 0. The highest BCUT2D eigenvalue weighted by molar-refractivity contribution is 5.75. The van der Waals surface area contributed by atoms with E-state index in [1.807, 2.05) is 6.07 Å². The lowest BCUT2D eigenvalue weighted by molar-refractivity contribution is 1.20. The first-order valence-electron chi connectivity index (χ1n) is 2.96. The Hall–Kier alpha value is -1.51. The lowest BCUT2D eigenvalue weighted by atomic mass is 10.3. The van der Waals surface area contributed by atoms with E-state index < -0.39 is 0 Å². The number of hydrogen-bond donors (Lipinski definition) is 0. The van der Waals surface area contributed by atoms with E-state index in [1.165, 1.54) is 6.33 Å². The van der Waals surface area contributed by atoms with Gasteiger partial charge in [0, 0.05) is 17.8 Å². The minimum atomic E-state index is 0.887. The Morgan fingerprint density at radius 1 is 1.10 bits per heavy atom. The largest absolute Gasteiger partial charge is 0.262 e. The maximum atomic E-state index is 4.01. The Morgan fingerprint density at radius 2 is 2.10 bits per heavy atom. The van der Waals surface area contributed by atoms with E-state index in [0.717, 1.165) is 10.9 Å². The van der Waals surface area contributed by atoms with Crippen LogP contribution >= 0.6 is 0 Å². The molecule has 0 radical (unpaired) electrons. The quantitative estimate of drug-likeness (QED) is 0.536. The predicted octanol–water partition coefficient (Wildman–Crippen LogP) is 1.02. The first-order chi connectivity index (χ1) is 4.97. The lowest BCUT2D eigenvalue weighted by Crippen LogP contribution is -1.80. The first kappa shape index (κ1) is 5.29. The average Bonchev–Trinajstić information content (AvgIpc) is 2.05. The fourth-order valence-electron chi connectivity index (χ4n) is 0.823. The lowest BCUT2D eigenvalue weighted by Gasteiger charge is -1.90. The molecule has 0 fully saturated rings. The van der Waals surface area contributed by atoms with Gasteiger partial charge in [0.15, 0.2) is 0 Å². The van der Waals surface area contributed by atoms with Crippen LogP contribution in [0.3, 0.4) is 0 Å². The number of aromatic nitrogens is 3. The van der Waals surface area contributed by atoms with Crippen molar-refractivity contribution >= 4 is 10.9 Å². The zero-order valence-electron chi connectivity index (χ0n) is 5.23. The summed E-state index contributed by atoms with van der Waals surface area (Å²) in [5, 5.41) is 1.03. The molecule has 0 aromatic carbocycles. The molecule has 3 nitrogen and oxygen atoms in total. The Labute approximate surface area is 57.8 Å². The van der Waals surface area contributed by atoms with Gasteiger partial charge in [-0.15, -0.1) is 0 Å². The molecular weight excluding hydrogens is 126 g/mol. The van der Waals surface area contributed by atoms with Crippen molar-refractivity contribution in [3.8, 4) is 0 Å². The van der Waals surface area contributed by atoms with Crippen LogP contribution in [0.25, 0.3) is 10.9 Å². The van der Waals surface area contributed by atoms with Crippen LogP contribution in [0.1, 0.15) is 0 Å². The van der Waals surface area contributed by atoms with Crippen LogP contribution < -0.4 is 0 Å². The van der Waals surface area contributed by atoms with Gasteiger partial charge in [-0.2, -0.15) is 0 Å². The van der Waals surface area contributed by atoms with Gasteiger partial charge in [-0.1, -0.05) is 0 Å². The van der Waals surface area contributed by atoms with E-state index in [2.05, 4.69) is 15.0 Å². The van der Waals surface area contributed by atoms with Crippen molar-refractivity contribution in [2.75, 3.05) is 0 Å². The molecule has 0 atom stereocenters. The van der Waals surface area contributed by atoms with Crippen molar-refractivity contribution in [3.05, 3.63) is 31.0 Å². The molecular formula is C7H5N3. The smallest absolute Gasteiger partial charge is 0.116 e. The third kappa shape index (κ3) is 0.719. The zero-order chi connectivity index (χ0) is 6.81. The molecule has 10 heavy (non-hydrogen) atoms. The predicted molar refractivity (Wildman–Crippen MR) is 37.3 cm³/mol. The second-order valence-electron chi connectivity index (χ2n) is 1.96. The van der Waals surface area contributed by atoms with Crippen LogP contribution in [0.5, 0.6) is 0 Å². The Kier molecular flexibility index (Phi) is 1.07. The maximum absolute atomic E-state index is 4.01. The van der Waals surface area contributed by atoms with Gasteiger partial charge in [0.05, 0.1) is 11.7 Å². The van der Waals surface area contributed by atoms with Gasteiger partial charge in [-0.25, -0.2) is 9.97 Å². The van der Waals surface area contributed by atoms with E-state index in [-0.39, 0.29) is 0 Å². The Morgan fingerprint density at radius 3 is 3.00 bits per heavy atom. The molecule has 0 saturated carbocycles. The van der Waals surface area contributed by atoms with Gasteiger partial charge < -0.3 is 0 Å². The van der Waals surface area contributed by atoms with Crippen molar-refractivity contribution in [3.63, 3.8) is 0 Å². The molecule has 0 aliphatic heterocycles. The normalized spacial score (nSPS) is 10.0. The molecule has 48 valence electrons. The topological polar surface area (TPSA) is 38.7 Å². The molecule has 2 heterocycles. The Balaban J connectivity index is 2.89. The molecule has 0 saturated heterocycles. The molecule has 0 aliphatic rings. The fourth-order valence-corrected chi connectivity index (χ4v) is 0.823. The average molecular weight is 131 g/mol. The molecule has 0 amide bonds. The van der Waals surface area contributed by atoms with Gasteiger partial charge in [0.2, 0.25) is 0 Å². The van der Waals surface area contributed by atoms with Crippen molar-refractivity contribution < 1.29 is 0 Å². The van der Waals surface area contributed by atoms with Crippen molar-refractivity contribution in [1.82, 2.24) is 15.0 Å². The Bertz CT molecular complexity index is 280. The van der Waals surface area contributed by atoms with Gasteiger partial charge in [0.25, 0.3) is 0 Å². The van der Waals surface area contributed by atoms with Crippen LogP contribution in [0.15, 0.2) is 31.0 Å². The van der Waals surface area contributed by atoms with E-state index >= 15 is 0 Å². The summed E-state index contributed by atoms with van der Waals surface area (Å²) < 4.78 is 0. The summed E-state index contributed by atoms with van der Waals surface area (Å²) in [4.78, 5) is 11.8. The van der Waals surface area contributed by atoms with Crippen molar-refractivity contribution in [2.24, 2.45) is 0 Å². The number of nitrogens with zero attached hydrogens (tertiary/aromatic N) is 3. The summed E-state index contributed by atoms with van der Waals surface area (Å²) in [7, 11) is 0. The molecule has 0 spiro atoms. The van der Waals surface area contributed by atoms with E-state index in [9.17, 15) is 0 Å². The summed E-state index contributed by atoms with van der Waals surface area (Å²) in [5.41, 5.74) is 0.887. The van der Waals surface area contributed by atoms with Crippen LogP contribution in [-0.4, -0.2) is 15.0 Å². The first-order valence-corrected chi connectivity index (χ1v) is 2.96. The fraction of sp³-hybridized carbons (Fsp3) is 0. The molecule has 0 aliphatic carbocycles. The van der Waals surface area contributed by atoms with Crippen LogP contribution in [-0.2, 0) is 0 Å². The highest BCUT2D eigenvalue weighted by atomic mass is 14.8.